The van der Waals surface area contributed by atoms with E-state index in [0.717, 1.165) is 17.5 Å². The summed E-state index contributed by atoms with van der Waals surface area (Å²) in [5, 5.41) is 12.7. The molecule has 28 heavy (non-hydrogen) atoms. The normalized spacial score (nSPS) is 10.8. The van der Waals surface area contributed by atoms with Crippen LogP contribution in [0.25, 0.3) is 11.0 Å². The monoisotopic (exact) mass is 399 g/mol. The molecular weight excluding hydrogens is 378 g/mol. The van der Waals surface area contributed by atoms with E-state index < -0.39 is 5.97 Å². The van der Waals surface area contributed by atoms with Crippen LogP contribution >= 0.6 is 11.8 Å². The molecule has 0 radical (unpaired) electrons. The van der Waals surface area contributed by atoms with Gasteiger partial charge in [0.25, 0.3) is 5.91 Å². The van der Waals surface area contributed by atoms with Crippen LogP contribution in [0.4, 0.5) is 0 Å². The number of hydrogen-bond acceptors (Lipinski definition) is 5. The van der Waals surface area contributed by atoms with E-state index in [4.69, 9.17) is 9.84 Å². The van der Waals surface area contributed by atoms with Gasteiger partial charge in [0.15, 0.2) is 5.16 Å². The molecule has 0 aliphatic rings. The number of carbonyl (C=O) groups excluding carboxylic acids is 1. The van der Waals surface area contributed by atoms with E-state index in [1.54, 1.807) is 35.9 Å². The van der Waals surface area contributed by atoms with Gasteiger partial charge in [0.05, 0.1) is 18.1 Å². The van der Waals surface area contributed by atoms with Crippen molar-refractivity contribution in [3.63, 3.8) is 0 Å². The van der Waals surface area contributed by atoms with Gasteiger partial charge in [0.1, 0.15) is 12.3 Å². The summed E-state index contributed by atoms with van der Waals surface area (Å²) in [6.07, 6.45) is 0.739. The number of rotatable bonds is 9. The molecule has 1 amide bonds. The number of imidazole rings is 1. The molecule has 1 heterocycles. The van der Waals surface area contributed by atoms with Crippen LogP contribution in [-0.4, -0.2) is 45.9 Å². The van der Waals surface area contributed by atoms with E-state index in [9.17, 15) is 9.59 Å². The quantitative estimate of drug-likeness (QED) is 0.424. The van der Waals surface area contributed by atoms with E-state index in [0.29, 0.717) is 28.8 Å². The van der Waals surface area contributed by atoms with Crippen molar-refractivity contribution in [1.82, 2.24) is 14.9 Å². The first-order chi connectivity index (χ1) is 13.6. The molecule has 8 heteroatoms. The highest BCUT2D eigenvalue weighted by atomic mass is 32.2. The van der Waals surface area contributed by atoms with E-state index in [2.05, 4.69) is 10.3 Å². The van der Waals surface area contributed by atoms with Crippen molar-refractivity contribution in [2.45, 2.75) is 18.1 Å². The molecule has 3 aromatic rings. The lowest BCUT2D eigenvalue weighted by Gasteiger charge is -2.07. The summed E-state index contributed by atoms with van der Waals surface area (Å²) >= 11 is 1.49. The van der Waals surface area contributed by atoms with E-state index in [-0.39, 0.29) is 12.5 Å². The number of ether oxygens (including phenoxy) is 1. The second kappa shape index (κ2) is 9.27. The number of nitrogens with zero attached hydrogens (tertiary/aromatic N) is 2. The van der Waals surface area contributed by atoms with Crippen molar-refractivity contribution in [2.75, 3.05) is 19.4 Å². The maximum atomic E-state index is 12.1. The fourth-order valence-electron chi connectivity index (χ4n) is 2.73. The van der Waals surface area contributed by atoms with Gasteiger partial charge in [-0.25, -0.2) is 4.98 Å². The number of benzene rings is 2. The zero-order valence-electron chi connectivity index (χ0n) is 15.4. The number of aliphatic carboxylic acids is 1. The van der Waals surface area contributed by atoms with Crippen molar-refractivity contribution in [3.05, 3.63) is 54.1 Å². The van der Waals surface area contributed by atoms with Gasteiger partial charge in [-0.15, -0.1) is 0 Å². The number of hydrogen-bond donors (Lipinski definition) is 2. The number of fused-ring (bicyclic) bond motifs is 1. The Bertz CT molecular complexity index is 969. The van der Waals surface area contributed by atoms with Crippen molar-refractivity contribution in [2.24, 2.45) is 0 Å². The maximum absolute atomic E-state index is 12.1. The second-order valence-corrected chi connectivity index (χ2v) is 7.11. The molecule has 0 bridgehead atoms. The topological polar surface area (TPSA) is 93.5 Å². The minimum atomic E-state index is -0.906. The third-order valence-electron chi connectivity index (χ3n) is 4.10. The van der Waals surface area contributed by atoms with Gasteiger partial charge in [0, 0.05) is 17.9 Å². The lowest BCUT2D eigenvalue weighted by molar-refractivity contribution is -0.137. The summed E-state index contributed by atoms with van der Waals surface area (Å²) in [7, 11) is 1.58. The molecule has 0 aliphatic heterocycles. The summed E-state index contributed by atoms with van der Waals surface area (Å²) in [6, 6.07) is 14.4. The second-order valence-electron chi connectivity index (χ2n) is 6.05. The fraction of sp³-hybridized carbons (Fsp3) is 0.250. The highest BCUT2D eigenvalue weighted by molar-refractivity contribution is 7.99. The van der Waals surface area contributed by atoms with Crippen molar-refractivity contribution < 1.29 is 19.4 Å². The fourth-order valence-corrected chi connectivity index (χ4v) is 3.69. The summed E-state index contributed by atoms with van der Waals surface area (Å²) < 4.78 is 6.79. The number of aromatic nitrogens is 2. The molecule has 2 aromatic carbocycles. The number of carbonyl (C=O) groups is 2. The van der Waals surface area contributed by atoms with Crippen LogP contribution in [0.15, 0.2) is 53.7 Å². The summed E-state index contributed by atoms with van der Waals surface area (Å²) in [4.78, 5) is 27.8. The lowest BCUT2D eigenvalue weighted by atomic mass is 10.2. The van der Waals surface area contributed by atoms with Gasteiger partial charge in [-0.2, -0.15) is 0 Å². The Morgan fingerprint density at radius 2 is 1.93 bits per heavy atom. The number of carboxylic acids is 1. The first-order valence-electron chi connectivity index (χ1n) is 8.80. The molecule has 0 aliphatic carbocycles. The van der Waals surface area contributed by atoms with Crippen LogP contribution in [0.3, 0.4) is 0 Å². The number of nitrogens with one attached hydrogen (secondary N) is 1. The zero-order chi connectivity index (χ0) is 19.9. The molecule has 2 N–H and O–H groups in total. The first kappa shape index (κ1) is 19.8. The largest absolute Gasteiger partial charge is 0.497 e. The summed E-state index contributed by atoms with van der Waals surface area (Å²) in [5.41, 5.74) is 2.16. The van der Waals surface area contributed by atoms with Crippen molar-refractivity contribution in [3.8, 4) is 5.75 Å². The van der Waals surface area contributed by atoms with Gasteiger partial charge in [-0.1, -0.05) is 23.9 Å². The SMILES string of the molecule is COc1ccc(C(=O)NCCCSc2nc3ccccc3n2CC(=O)O)cc1. The Kier molecular flexibility index (Phi) is 6.54. The van der Waals surface area contributed by atoms with E-state index in [1.165, 1.54) is 11.8 Å². The highest BCUT2D eigenvalue weighted by Crippen LogP contribution is 2.24. The van der Waals surface area contributed by atoms with Gasteiger partial charge >= 0.3 is 5.97 Å². The van der Waals surface area contributed by atoms with E-state index in [1.807, 2.05) is 24.3 Å². The summed E-state index contributed by atoms with van der Waals surface area (Å²) in [5.74, 6) is 0.381. The van der Waals surface area contributed by atoms with Crippen LogP contribution < -0.4 is 10.1 Å². The van der Waals surface area contributed by atoms with Gasteiger partial charge in [0.2, 0.25) is 0 Å². The Morgan fingerprint density at radius 1 is 1.18 bits per heavy atom. The lowest BCUT2D eigenvalue weighted by Crippen LogP contribution is -2.24. The molecule has 7 nitrogen and oxygen atoms in total. The predicted molar refractivity (Wildman–Crippen MR) is 108 cm³/mol. The average Bonchev–Trinajstić information content (AvgIpc) is 3.04. The van der Waals surface area contributed by atoms with Crippen LogP contribution in [0, 0.1) is 0 Å². The van der Waals surface area contributed by atoms with Crippen molar-refractivity contribution in [1.29, 1.82) is 0 Å². The predicted octanol–water partition coefficient (Wildman–Crippen LogP) is 3.04. The van der Waals surface area contributed by atoms with Gasteiger partial charge < -0.3 is 19.7 Å². The number of methoxy groups -OCH3 is 1. The smallest absolute Gasteiger partial charge is 0.323 e. The number of para-hydroxylation sites is 2. The number of thioether (sulfide) groups is 1. The zero-order valence-corrected chi connectivity index (χ0v) is 16.2. The average molecular weight is 399 g/mol. The van der Waals surface area contributed by atoms with Crippen LogP contribution in [0.5, 0.6) is 5.75 Å². The van der Waals surface area contributed by atoms with Crippen LogP contribution in [0.1, 0.15) is 16.8 Å². The molecule has 1 aromatic heterocycles. The molecule has 0 saturated heterocycles. The molecule has 0 atom stereocenters. The molecule has 0 spiro atoms. The summed E-state index contributed by atoms with van der Waals surface area (Å²) in [6.45, 7) is 0.397. The molecular formula is C20H21N3O4S. The van der Waals surface area contributed by atoms with Crippen LogP contribution in [0.2, 0.25) is 0 Å². The van der Waals surface area contributed by atoms with Gasteiger partial charge in [-0.3, -0.25) is 9.59 Å². The minimum absolute atomic E-state index is 0.128. The molecule has 0 fully saturated rings. The Hall–Kier alpha value is -3.00. The van der Waals surface area contributed by atoms with E-state index >= 15 is 0 Å². The third-order valence-corrected chi connectivity index (χ3v) is 5.17. The molecule has 0 unspecified atom stereocenters. The molecule has 3 rings (SSSR count). The molecule has 0 saturated carbocycles. The van der Waals surface area contributed by atoms with Crippen LogP contribution in [-0.2, 0) is 11.3 Å². The highest BCUT2D eigenvalue weighted by Gasteiger charge is 2.13. The minimum Gasteiger partial charge on any atom is -0.497 e. The Balaban J connectivity index is 1.52. The number of amides is 1. The number of carboxylic acid groups (broad SMARTS) is 1. The van der Waals surface area contributed by atoms with Gasteiger partial charge in [-0.05, 0) is 42.8 Å². The van der Waals surface area contributed by atoms with Crippen molar-refractivity contribution >= 4 is 34.7 Å². The Labute approximate surface area is 166 Å². The third kappa shape index (κ3) is 4.83. The Morgan fingerprint density at radius 3 is 2.64 bits per heavy atom. The first-order valence-corrected chi connectivity index (χ1v) is 9.79. The molecule has 146 valence electrons. The maximum Gasteiger partial charge on any atom is 0.323 e. The standard InChI is InChI=1S/C20H21N3O4S/c1-27-15-9-7-14(8-10-15)19(26)21-11-4-12-28-20-22-16-5-2-3-6-17(16)23(20)13-18(24)25/h2-3,5-10H,4,11-13H2,1H3,(H,21,26)(H,24,25).